The lowest BCUT2D eigenvalue weighted by Crippen LogP contribution is -2.14. The number of halogens is 2. The quantitative estimate of drug-likeness (QED) is 0.607. The summed E-state index contributed by atoms with van der Waals surface area (Å²) in [5.74, 6) is -0.524. The third kappa shape index (κ3) is 4.47. The Kier molecular flexibility index (Phi) is 4.68. The zero-order valence-electron chi connectivity index (χ0n) is 11.2. The van der Waals surface area contributed by atoms with Crippen molar-refractivity contribution >= 4 is 43.5 Å². The molecule has 0 aliphatic rings. The first-order valence-corrected chi connectivity index (χ1v) is 9.06. The Morgan fingerprint density at radius 2 is 1.74 bits per heavy atom. The van der Waals surface area contributed by atoms with Crippen LogP contribution in [-0.4, -0.2) is 16.8 Å². The van der Waals surface area contributed by atoms with Crippen LogP contribution in [0.4, 0.5) is 15.3 Å². The average molecular weight is 381 g/mol. The monoisotopic (exact) mass is 380 g/mol. The van der Waals surface area contributed by atoms with Gasteiger partial charge < -0.3 is 9.92 Å². The number of sulfonamides is 1. The van der Waals surface area contributed by atoms with Crippen LogP contribution in [0, 0.1) is 0 Å². The maximum atomic E-state index is 12.5. The van der Waals surface area contributed by atoms with E-state index in [1.165, 1.54) is 12.1 Å². The minimum atomic E-state index is -5.26. The van der Waals surface area contributed by atoms with Gasteiger partial charge in [0.2, 0.25) is 0 Å². The summed E-state index contributed by atoms with van der Waals surface area (Å²) in [6.45, 7) is 0. The number of hydrogen-bond donors (Lipinski definition) is 2. The van der Waals surface area contributed by atoms with E-state index in [0.717, 1.165) is 18.2 Å². The van der Waals surface area contributed by atoms with Gasteiger partial charge in [-0.15, -0.1) is 0 Å². The molecule has 0 atom stereocenters. The predicted molar refractivity (Wildman–Crippen MR) is 83.8 cm³/mol. The number of benzene rings is 2. The smallest absolute Gasteiger partial charge is 0.396 e. The zero-order valence-corrected chi connectivity index (χ0v) is 13.6. The van der Waals surface area contributed by atoms with Gasteiger partial charge in [-0.2, -0.15) is 8.42 Å². The molecular weight excluding hydrogens is 371 g/mol. The van der Waals surface area contributed by atoms with E-state index in [2.05, 4.69) is 8.91 Å². The predicted octanol–water partition coefficient (Wildman–Crippen LogP) is 2.32. The van der Waals surface area contributed by atoms with Crippen molar-refractivity contribution < 1.29 is 24.9 Å². The fraction of sp³-hybridized carbons (Fsp3) is 0. The second-order valence-electron chi connectivity index (χ2n) is 4.26. The highest BCUT2D eigenvalue weighted by Crippen LogP contribution is 2.29. The Balaban J connectivity index is 2.34. The van der Waals surface area contributed by atoms with Crippen LogP contribution in [0.3, 0.4) is 0 Å². The van der Waals surface area contributed by atoms with Crippen LogP contribution in [0.25, 0.3) is 0 Å². The fourth-order valence-corrected chi connectivity index (χ4v) is 3.34. The second-order valence-corrected chi connectivity index (χ2v) is 7.30. The maximum Gasteiger partial charge on any atom is 0.488 e. The van der Waals surface area contributed by atoms with Crippen molar-refractivity contribution in [3.63, 3.8) is 0 Å². The average Bonchev–Trinajstić information content (AvgIpc) is 2.42. The first-order chi connectivity index (χ1) is 10.6. The van der Waals surface area contributed by atoms with E-state index < -0.39 is 26.3 Å². The fourth-order valence-electron chi connectivity index (χ4n) is 1.62. The molecule has 0 heterocycles. The highest BCUT2D eigenvalue weighted by molar-refractivity contribution is 7.92. The van der Waals surface area contributed by atoms with E-state index in [-0.39, 0.29) is 21.3 Å². The van der Waals surface area contributed by atoms with Crippen LogP contribution < -0.4 is 14.6 Å². The summed E-state index contributed by atoms with van der Waals surface area (Å²) in [5, 5.41) is 0.188. The SMILES string of the molecule is Nc1cc(S(=O)(=O)Nc2ccccc2Cl)ccc1OS(=O)(=O)F. The molecule has 0 spiro atoms. The highest BCUT2D eigenvalue weighted by Gasteiger charge is 2.19. The Hall–Kier alpha value is -2.04. The van der Waals surface area contributed by atoms with Crippen molar-refractivity contribution in [2.24, 2.45) is 0 Å². The topological polar surface area (TPSA) is 116 Å². The van der Waals surface area contributed by atoms with Gasteiger partial charge in [-0.05, 0) is 30.3 Å². The molecule has 7 nitrogen and oxygen atoms in total. The summed E-state index contributed by atoms with van der Waals surface area (Å²) in [5.41, 5.74) is 5.26. The molecule has 2 rings (SSSR count). The molecule has 0 bridgehead atoms. The standard InChI is InChI=1S/C12H10ClFN2O5S2/c13-9-3-1-2-4-11(9)16-22(17,18)8-5-6-12(10(15)7-8)21-23(14,19)20/h1-7,16H,15H2. The Morgan fingerprint density at radius 1 is 1.09 bits per heavy atom. The Morgan fingerprint density at radius 3 is 2.30 bits per heavy atom. The summed E-state index contributed by atoms with van der Waals surface area (Å²) < 4.78 is 64.0. The van der Waals surface area contributed by atoms with E-state index in [0.29, 0.717) is 0 Å². The summed E-state index contributed by atoms with van der Waals surface area (Å²) in [6.07, 6.45) is 0. The van der Waals surface area contributed by atoms with Gasteiger partial charge in [0.05, 0.1) is 21.3 Å². The molecule has 124 valence electrons. The molecule has 0 aliphatic carbocycles. The van der Waals surface area contributed by atoms with E-state index in [1.54, 1.807) is 12.1 Å². The molecular formula is C12H10ClFN2O5S2. The summed E-state index contributed by atoms with van der Waals surface area (Å²) in [6, 6.07) is 9.03. The van der Waals surface area contributed by atoms with Crippen molar-refractivity contribution in [2.75, 3.05) is 10.5 Å². The first-order valence-electron chi connectivity index (χ1n) is 5.89. The number of hydrogen-bond acceptors (Lipinski definition) is 6. The van der Waals surface area contributed by atoms with Gasteiger partial charge in [0.25, 0.3) is 10.0 Å². The molecule has 0 radical (unpaired) electrons. The molecule has 2 aromatic rings. The van der Waals surface area contributed by atoms with Crippen LogP contribution in [-0.2, 0) is 20.5 Å². The normalized spacial score (nSPS) is 11.9. The number of rotatable bonds is 5. The van der Waals surface area contributed by atoms with Crippen molar-refractivity contribution in [1.82, 2.24) is 0 Å². The van der Waals surface area contributed by atoms with Crippen LogP contribution in [0.2, 0.25) is 5.02 Å². The number of nitrogens with two attached hydrogens (primary N) is 1. The molecule has 0 amide bonds. The molecule has 0 aliphatic heterocycles. The number of anilines is 2. The van der Waals surface area contributed by atoms with Gasteiger partial charge in [0, 0.05) is 0 Å². The van der Waals surface area contributed by atoms with Crippen LogP contribution in [0.5, 0.6) is 5.75 Å². The minimum absolute atomic E-state index is 0.152. The molecule has 0 aromatic heterocycles. The highest BCUT2D eigenvalue weighted by atomic mass is 35.5. The third-order valence-electron chi connectivity index (χ3n) is 2.60. The van der Waals surface area contributed by atoms with Crippen LogP contribution in [0.15, 0.2) is 47.4 Å². The second kappa shape index (κ2) is 6.22. The summed E-state index contributed by atoms with van der Waals surface area (Å²) in [4.78, 5) is -0.279. The van der Waals surface area contributed by atoms with E-state index in [1.807, 2.05) is 0 Å². The molecule has 2 aromatic carbocycles. The Labute approximate surface area is 137 Å². The lowest BCUT2D eigenvalue weighted by Gasteiger charge is -2.11. The molecule has 0 unspecified atom stereocenters. The van der Waals surface area contributed by atoms with E-state index in [9.17, 15) is 20.7 Å². The van der Waals surface area contributed by atoms with Gasteiger partial charge in [-0.25, -0.2) is 8.42 Å². The molecule has 0 saturated heterocycles. The third-order valence-corrected chi connectivity index (χ3v) is 4.67. The molecule has 11 heteroatoms. The summed E-state index contributed by atoms with van der Waals surface area (Å²) >= 11 is 5.87. The van der Waals surface area contributed by atoms with Crippen LogP contribution in [0.1, 0.15) is 0 Å². The zero-order chi connectivity index (χ0) is 17.3. The van der Waals surface area contributed by atoms with Gasteiger partial charge in [-0.3, -0.25) is 4.72 Å². The van der Waals surface area contributed by atoms with Gasteiger partial charge >= 0.3 is 10.5 Å². The lowest BCUT2D eigenvalue weighted by molar-refractivity contribution is 0.441. The van der Waals surface area contributed by atoms with Gasteiger partial charge in [0.15, 0.2) is 5.75 Å². The van der Waals surface area contributed by atoms with Crippen molar-refractivity contribution in [3.05, 3.63) is 47.5 Å². The van der Waals surface area contributed by atoms with E-state index in [4.69, 9.17) is 17.3 Å². The lowest BCUT2D eigenvalue weighted by atomic mass is 10.3. The Bertz CT molecular complexity index is 948. The number of nitrogen functional groups attached to an aromatic ring is 1. The van der Waals surface area contributed by atoms with Gasteiger partial charge in [-0.1, -0.05) is 27.6 Å². The summed E-state index contributed by atoms with van der Waals surface area (Å²) in [7, 11) is -9.30. The molecule has 0 fully saturated rings. The van der Waals surface area contributed by atoms with Crippen molar-refractivity contribution in [3.8, 4) is 5.75 Å². The molecule has 3 N–H and O–H groups in total. The van der Waals surface area contributed by atoms with Gasteiger partial charge in [0.1, 0.15) is 0 Å². The largest absolute Gasteiger partial charge is 0.488 e. The molecule has 23 heavy (non-hydrogen) atoms. The number of nitrogens with one attached hydrogen (secondary N) is 1. The maximum absolute atomic E-state index is 12.5. The van der Waals surface area contributed by atoms with E-state index >= 15 is 0 Å². The van der Waals surface area contributed by atoms with Crippen molar-refractivity contribution in [1.29, 1.82) is 0 Å². The first kappa shape index (κ1) is 17.3. The van der Waals surface area contributed by atoms with Crippen molar-refractivity contribution in [2.45, 2.75) is 4.90 Å². The minimum Gasteiger partial charge on any atom is -0.396 e. The number of para-hydroxylation sites is 1. The molecule has 0 saturated carbocycles. The van der Waals surface area contributed by atoms with Crippen LogP contribution >= 0.6 is 11.6 Å².